The molecule has 0 aliphatic heterocycles. The smallest absolute Gasteiger partial charge is 0.271 e. The molecule has 5 heteroatoms. The van der Waals surface area contributed by atoms with Crippen molar-refractivity contribution in [2.45, 2.75) is 20.4 Å². The van der Waals surface area contributed by atoms with E-state index in [0.29, 0.717) is 19.6 Å². The molecule has 0 bridgehead atoms. The van der Waals surface area contributed by atoms with Crippen molar-refractivity contribution < 1.29 is 4.57 Å². The zero-order valence-electron chi connectivity index (χ0n) is 9.89. The summed E-state index contributed by atoms with van der Waals surface area (Å²) in [5, 5.41) is 2.94. The largest absolute Gasteiger partial charge is 0.279 e. The molecule has 1 unspecified atom stereocenters. The molecule has 4 nitrogen and oxygen atoms in total. The average molecular weight is 241 g/mol. The molecule has 90 valence electrons. The summed E-state index contributed by atoms with van der Waals surface area (Å²) in [6, 6.07) is 9.83. The lowest BCUT2D eigenvalue weighted by molar-refractivity contribution is 0.432. The summed E-state index contributed by atoms with van der Waals surface area (Å²) in [6.45, 7) is 5.81. The fourth-order valence-corrected chi connectivity index (χ4v) is 2.99. The molecular formula is C11H20N3OP. The molecule has 3 N–H and O–H groups in total. The molecule has 1 rings (SSSR count). The molecule has 1 atom stereocenters. The highest BCUT2D eigenvalue weighted by Gasteiger charge is 2.22. The summed E-state index contributed by atoms with van der Waals surface area (Å²) in [4.78, 5) is 0. The molecule has 1 aromatic rings. The van der Waals surface area contributed by atoms with Crippen LogP contribution in [0.2, 0.25) is 0 Å². The quantitative estimate of drug-likeness (QED) is 0.749. The third kappa shape index (κ3) is 3.72. The van der Waals surface area contributed by atoms with E-state index in [0.717, 1.165) is 5.56 Å². The Hall–Kier alpha value is -0.670. The van der Waals surface area contributed by atoms with E-state index in [2.05, 4.69) is 5.09 Å². The van der Waals surface area contributed by atoms with Crippen LogP contribution in [0.5, 0.6) is 0 Å². The van der Waals surface area contributed by atoms with Crippen LogP contribution in [-0.4, -0.2) is 17.8 Å². The van der Waals surface area contributed by atoms with Crippen molar-refractivity contribution in [2.24, 2.45) is 5.50 Å². The van der Waals surface area contributed by atoms with Crippen molar-refractivity contribution in [1.29, 1.82) is 0 Å². The zero-order valence-corrected chi connectivity index (χ0v) is 10.8. The van der Waals surface area contributed by atoms with Crippen LogP contribution in [0.1, 0.15) is 19.4 Å². The molecule has 1 aromatic carbocycles. The third-order valence-electron chi connectivity index (χ3n) is 2.50. The minimum absolute atomic E-state index is 0.533. The van der Waals surface area contributed by atoms with E-state index in [1.165, 1.54) is 0 Å². The van der Waals surface area contributed by atoms with Gasteiger partial charge in [-0.05, 0) is 5.56 Å². The maximum absolute atomic E-state index is 12.1. The Morgan fingerprint density at radius 1 is 1.25 bits per heavy atom. The molecule has 16 heavy (non-hydrogen) atoms. The highest BCUT2D eigenvalue weighted by atomic mass is 31.2. The fourth-order valence-electron chi connectivity index (χ4n) is 1.54. The Kier molecular flexibility index (Phi) is 5.16. The van der Waals surface area contributed by atoms with Crippen molar-refractivity contribution in [1.82, 2.24) is 9.76 Å². The molecule has 0 aliphatic rings. The van der Waals surface area contributed by atoms with E-state index < -0.39 is 7.59 Å². The van der Waals surface area contributed by atoms with E-state index in [9.17, 15) is 4.57 Å². The Bertz CT molecular complexity index is 352. The number of rotatable bonds is 6. The van der Waals surface area contributed by atoms with Gasteiger partial charge >= 0.3 is 0 Å². The van der Waals surface area contributed by atoms with Crippen molar-refractivity contribution in [3.05, 3.63) is 35.9 Å². The first kappa shape index (κ1) is 13.4. The first-order valence-electron chi connectivity index (χ1n) is 5.53. The van der Waals surface area contributed by atoms with Gasteiger partial charge in [0.15, 0.2) is 0 Å². The zero-order chi connectivity index (χ0) is 12.0. The van der Waals surface area contributed by atoms with Gasteiger partial charge in [0.05, 0.1) is 0 Å². The van der Waals surface area contributed by atoms with Gasteiger partial charge in [0.2, 0.25) is 0 Å². The second kappa shape index (κ2) is 6.16. The summed E-state index contributed by atoms with van der Waals surface area (Å²) in [5.41, 5.74) is 6.88. The first-order valence-corrected chi connectivity index (χ1v) is 7.26. The van der Waals surface area contributed by atoms with Crippen molar-refractivity contribution in [2.75, 3.05) is 13.1 Å². The molecule has 0 radical (unpaired) electrons. The van der Waals surface area contributed by atoms with Crippen molar-refractivity contribution in [3.63, 3.8) is 0 Å². The minimum Gasteiger partial charge on any atom is -0.271 e. The highest BCUT2D eigenvalue weighted by Crippen LogP contribution is 2.35. The van der Waals surface area contributed by atoms with Crippen molar-refractivity contribution in [3.8, 4) is 0 Å². The molecule has 0 aromatic heterocycles. The molecular weight excluding hydrogens is 221 g/mol. The van der Waals surface area contributed by atoms with E-state index in [1.807, 2.05) is 44.2 Å². The standard InChI is InChI=1S/C11H20N3OP/c1-3-14(4-2)16(12,15)13-10-11-8-6-5-7-9-11/h5-9H,3-4,10H2,1-2H3,(H3,12,13,15). The van der Waals surface area contributed by atoms with E-state index in [-0.39, 0.29) is 0 Å². The number of nitrogens with two attached hydrogens (primary N) is 1. The molecule has 0 saturated carbocycles. The Morgan fingerprint density at radius 2 is 1.81 bits per heavy atom. The second-order valence-corrected chi connectivity index (χ2v) is 5.71. The molecule has 0 spiro atoms. The summed E-state index contributed by atoms with van der Waals surface area (Å²) in [6.07, 6.45) is 0. The van der Waals surface area contributed by atoms with Crippen LogP contribution in [0.3, 0.4) is 0 Å². The van der Waals surface area contributed by atoms with Gasteiger partial charge in [0.25, 0.3) is 7.59 Å². The summed E-state index contributed by atoms with van der Waals surface area (Å²) in [5.74, 6) is 0. The summed E-state index contributed by atoms with van der Waals surface area (Å²) >= 11 is 0. The van der Waals surface area contributed by atoms with Gasteiger partial charge in [0, 0.05) is 19.6 Å². The molecule has 0 heterocycles. The fraction of sp³-hybridized carbons (Fsp3) is 0.455. The topological polar surface area (TPSA) is 58.4 Å². The van der Waals surface area contributed by atoms with Crippen molar-refractivity contribution >= 4 is 7.59 Å². The molecule has 0 fully saturated rings. The van der Waals surface area contributed by atoms with Gasteiger partial charge < -0.3 is 0 Å². The SMILES string of the molecule is CCN(CC)P(N)(=O)NCc1ccccc1. The maximum Gasteiger partial charge on any atom is 0.279 e. The predicted octanol–water partition coefficient (Wildman–Crippen LogP) is 2.18. The van der Waals surface area contributed by atoms with Crippen LogP contribution in [0.15, 0.2) is 30.3 Å². The highest BCUT2D eigenvalue weighted by molar-refractivity contribution is 7.56. The van der Waals surface area contributed by atoms with E-state index in [4.69, 9.17) is 5.50 Å². The van der Waals surface area contributed by atoms with Crippen LogP contribution in [0, 0.1) is 0 Å². The van der Waals surface area contributed by atoms with Gasteiger partial charge in [-0.2, -0.15) is 0 Å². The molecule has 0 amide bonds. The number of nitrogens with zero attached hydrogens (tertiary/aromatic N) is 1. The van der Waals surface area contributed by atoms with Gasteiger partial charge in [-0.1, -0.05) is 44.2 Å². The lowest BCUT2D eigenvalue weighted by Gasteiger charge is -2.26. The number of hydrogen-bond donors (Lipinski definition) is 2. The molecule has 0 aliphatic carbocycles. The van der Waals surface area contributed by atoms with Crippen LogP contribution in [0.4, 0.5) is 0 Å². The monoisotopic (exact) mass is 241 g/mol. The maximum atomic E-state index is 12.1. The number of benzene rings is 1. The summed E-state index contributed by atoms with van der Waals surface area (Å²) in [7, 11) is -2.88. The van der Waals surface area contributed by atoms with E-state index >= 15 is 0 Å². The Labute approximate surface area is 97.4 Å². The van der Waals surface area contributed by atoms with Crippen LogP contribution < -0.4 is 10.6 Å². The van der Waals surface area contributed by atoms with Gasteiger partial charge in [-0.25, -0.2) is 9.76 Å². The number of nitrogens with one attached hydrogen (secondary N) is 1. The minimum atomic E-state index is -2.88. The lowest BCUT2D eigenvalue weighted by atomic mass is 10.2. The Balaban J connectivity index is 2.57. The first-order chi connectivity index (χ1) is 7.60. The number of hydrogen-bond acceptors (Lipinski definition) is 1. The van der Waals surface area contributed by atoms with Crippen LogP contribution >= 0.6 is 7.59 Å². The third-order valence-corrected chi connectivity index (χ3v) is 4.52. The van der Waals surface area contributed by atoms with Gasteiger partial charge in [-0.3, -0.25) is 10.1 Å². The second-order valence-electron chi connectivity index (χ2n) is 3.58. The van der Waals surface area contributed by atoms with Gasteiger partial charge in [0.1, 0.15) is 0 Å². The van der Waals surface area contributed by atoms with Crippen LogP contribution in [0.25, 0.3) is 0 Å². The Morgan fingerprint density at radius 3 is 2.31 bits per heavy atom. The van der Waals surface area contributed by atoms with Crippen LogP contribution in [-0.2, 0) is 11.1 Å². The lowest BCUT2D eigenvalue weighted by Crippen LogP contribution is -2.32. The molecule has 0 saturated heterocycles. The van der Waals surface area contributed by atoms with E-state index in [1.54, 1.807) is 4.67 Å². The predicted molar refractivity (Wildman–Crippen MR) is 68.0 cm³/mol. The average Bonchev–Trinajstić information content (AvgIpc) is 2.29. The normalized spacial score (nSPS) is 15.0. The van der Waals surface area contributed by atoms with Gasteiger partial charge in [-0.15, -0.1) is 0 Å². The summed E-state index contributed by atoms with van der Waals surface area (Å²) < 4.78 is 13.9.